The first kappa shape index (κ1) is 22.4. The Labute approximate surface area is 201 Å². The average Bonchev–Trinajstić information content (AvgIpc) is 3.41. The van der Waals surface area contributed by atoms with Gasteiger partial charge in [0.15, 0.2) is 11.5 Å². The summed E-state index contributed by atoms with van der Waals surface area (Å²) in [6, 6.07) is 6.16. The molecule has 3 heterocycles. The Morgan fingerprint density at radius 1 is 1.12 bits per heavy atom. The summed E-state index contributed by atoms with van der Waals surface area (Å²) in [4.78, 5) is 17.8. The molecule has 1 aromatic carbocycles. The standard InChI is InChI=1S/C27H36N2O5/c1-17-4-3-5-19-13-23-24(25(30)27(17,19)2)20(26(31)34-23)15-29-10-8-28(9-11-29)14-18-6-7-21-22(12-18)33-16-32-21/h5-7,12,17,20,23-25,30H,3-4,8-11,13-16H2,1-2H3/t17-,20-,23+,24+,25+,27+/m0/s1. The third-order valence-corrected chi connectivity index (χ3v) is 9.33. The summed E-state index contributed by atoms with van der Waals surface area (Å²) in [5, 5.41) is 11.6. The number of carbonyl (C=O) groups is 1. The molecule has 0 spiro atoms. The molecule has 34 heavy (non-hydrogen) atoms. The Morgan fingerprint density at radius 3 is 2.71 bits per heavy atom. The predicted octanol–water partition coefficient (Wildman–Crippen LogP) is 2.82. The highest BCUT2D eigenvalue weighted by Gasteiger charge is 2.59. The molecule has 6 atom stereocenters. The smallest absolute Gasteiger partial charge is 0.311 e. The number of allylic oxidation sites excluding steroid dienone is 1. The number of nitrogens with zero attached hydrogens (tertiary/aromatic N) is 2. The van der Waals surface area contributed by atoms with Crippen LogP contribution in [0.2, 0.25) is 0 Å². The molecular weight excluding hydrogens is 432 g/mol. The van der Waals surface area contributed by atoms with Gasteiger partial charge in [0.1, 0.15) is 6.10 Å². The number of rotatable bonds is 4. The van der Waals surface area contributed by atoms with Gasteiger partial charge in [0.05, 0.1) is 12.0 Å². The SMILES string of the molecule is C[C@H]1CCC=C2C[C@H]3OC(=O)[C@@H](CN4CCN(Cc5ccc6c(c5)OCO6)CC4)[C@H]3[C@@H](O)[C@@]21C. The molecule has 3 aliphatic heterocycles. The summed E-state index contributed by atoms with van der Waals surface area (Å²) >= 11 is 0. The third kappa shape index (κ3) is 3.64. The van der Waals surface area contributed by atoms with Crippen molar-refractivity contribution in [2.24, 2.45) is 23.2 Å². The molecule has 1 N–H and O–H groups in total. The summed E-state index contributed by atoms with van der Waals surface area (Å²) < 4.78 is 16.8. The van der Waals surface area contributed by atoms with E-state index >= 15 is 0 Å². The monoisotopic (exact) mass is 468 g/mol. The van der Waals surface area contributed by atoms with E-state index < -0.39 is 6.10 Å². The molecular formula is C27H36N2O5. The Morgan fingerprint density at radius 2 is 1.88 bits per heavy atom. The van der Waals surface area contributed by atoms with E-state index in [1.807, 2.05) is 6.07 Å². The topological polar surface area (TPSA) is 71.5 Å². The van der Waals surface area contributed by atoms with E-state index in [9.17, 15) is 9.90 Å². The number of hydrogen-bond acceptors (Lipinski definition) is 7. The number of esters is 1. The number of fused-ring (bicyclic) bond motifs is 3. The Hall–Kier alpha value is -2.09. The van der Waals surface area contributed by atoms with Gasteiger partial charge in [0.2, 0.25) is 6.79 Å². The summed E-state index contributed by atoms with van der Waals surface area (Å²) in [7, 11) is 0. The van der Waals surface area contributed by atoms with Gasteiger partial charge in [-0.1, -0.05) is 31.6 Å². The molecule has 1 aromatic rings. The molecule has 1 saturated carbocycles. The Kier molecular flexibility index (Phi) is 5.62. The molecule has 0 aromatic heterocycles. The highest BCUT2D eigenvalue weighted by atomic mass is 16.7. The van der Waals surface area contributed by atoms with Crippen LogP contribution in [0.1, 0.15) is 38.7 Å². The molecule has 7 nitrogen and oxygen atoms in total. The molecule has 7 heteroatoms. The molecule has 0 amide bonds. The largest absolute Gasteiger partial charge is 0.461 e. The van der Waals surface area contributed by atoms with Crippen molar-refractivity contribution in [2.75, 3.05) is 39.5 Å². The van der Waals surface area contributed by atoms with Crippen LogP contribution in [0, 0.1) is 23.2 Å². The van der Waals surface area contributed by atoms with Crippen LogP contribution < -0.4 is 9.47 Å². The maximum Gasteiger partial charge on any atom is 0.311 e. The fraction of sp³-hybridized carbons (Fsp3) is 0.667. The van der Waals surface area contributed by atoms with E-state index in [1.54, 1.807) is 0 Å². The molecule has 3 fully saturated rings. The van der Waals surface area contributed by atoms with Gasteiger partial charge < -0.3 is 19.3 Å². The van der Waals surface area contributed by atoms with Crippen molar-refractivity contribution >= 4 is 5.97 Å². The maximum absolute atomic E-state index is 12.9. The van der Waals surface area contributed by atoms with Crippen molar-refractivity contribution in [3.05, 3.63) is 35.4 Å². The van der Waals surface area contributed by atoms with Crippen molar-refractivity contribution in [1.29, 1.82) is 0 Å². The Bertz CT molecular complexity index is 987. The predicted molar refractivity (Wildman–Crippen MR) is 126 cm³/mol. The van der Waals surface area contributed by atoms with Gasteiger partial charge in [0.25, 0.3) is 0 Å². The van der Waals surface area contributed by atoms with Crippen LogP contribution in [-0.4, -0.2) is 72.6 Å². The molecule has 0 radical (unpaired) electrons. The quantitative estimate of drug-likeness (QED) is 0.538. The van der Waals surface area contributed by atoms with Gasteiger partial charge in [-0.25, -0.2) is 0 Å². The lowest BCUT2D eigenvalue weighted by atomic mass is 9.55. The van der Waals surface area contributed by atoms with E-state index in [0.717, 1.165) is 63.5 Å². The number of benzene rings is 1. The normalized spacial score (nSPS) is 37.7. The van der Waals surface area contributed by atoms with Gasteiger partial charge in [-0.05, 0) is 36.5 Å². The minimum Gasteiger partial charge on any atom is -0.461 e. The highest BCUT2D eigenvalue weighted by molar-refractivity contribution is 5.76. The van der Waals surface area contributed by atoms with Crippen LogP contribution in [0.25, 0.3) is 0 Å². The highest BCUT2D eigenvalue weighted by Crippen LogP contribution is 2.56. The minimum atomic E-state index is -0.531. The second-order valence-corrected chi connectivity index (χ2v) is 11.1. The molecule has 5 aliphatic rings. The van der Waals surface area contributed by atoms with Crippen LogP contribution in [0.15, 0.2) is 29.8 Å². The second kappa shape index (κ2) is 8.54. The van der Waals surface area contributed by atoms with Gasteiger partial charge >= 0.3 is 5.97 Å². The number of aliphatic hydroxyl groups excluding tert-OH is 1. The fourth-order valence-electron chi connectivity index (χ4n) is 6.98. The van der Waals surface area contributed by atoms with E-state index in [-0.39, 0.29) is 29.3 Å². The maximum atomic E-state index is 12.9. The lowest BCUT2D eigenvalue weighted by Crippen LogP contribution is -2.55. The number of carbonyl (C=O) groups excluding carboxylic acids is 1. The molecule has 2 saturated heterocycles. The lowest BCUT2D eigenvalue weighted by molar-refractivity contribution is -0.145. The minimum absolute atomic E-state index is 0.109. The van der Waals surface area contributed by atoms with Gasteiger partial charge in [-0.15, -0.1) is 0 Å². The second-order valence-electron chi connectivity index (χ2n) is 11.1. The van der Waals surface area contributed by atoms with Crippen molar-refractivity contribution in [1.82, 2.24) is 9.80 Å². The lowest BCUT2D eigenvalue weighted by Gasteiger charge is -2.52. The van der Waals surface area contributed by atoms with Crippen LogP contribution in [0.4, 0.5) is 0 Å². The zero-order chi connectivity index (χ0) is 23.4. The number of piperazine rings is 1. The zero-order valence-corrected chi connectivity index (χ0v) is 20.2. The summed E-state index contributed by atoms with van der Waals surface area (Å²) in [6.07, 6.45) is 4.53. The van der Waals surface area contributed by atoms with E-state index in [0.29, 0.717) is 19.3 Å². The van der Waals surface area contributed by atoms with Crippen molar-refractivity contribution in [3.8, 4) is 11.5 Å². The van der Waals surface area contributed by atoms with Crippen molar-refractivity contribution < 1.29 is 24.1 Å². The zero-order valence-electron chi connectivity index (χ0n) is 20.2. The summed E-state index contributed by atoms with van der Waals surface area (Å²) in [6.45, 7) is 10.1. The van der Waals surface area contributed by atoms with Gasteiger partial charge in [0, 0.05) is 57.0 Å². The fourth-order valence-corrected chi connectivity index (χ4v) is 6.98. The average molecular weight is 469 g/mol. The van der Waals surface area contributed by atoms with Gasteiger partial charge in [-0.3, -0.25) is 14.6 Å². The van der Waals surface area contributed by atoms with E-state index in [4.69, 9.17) is 14.2 Å². The summed E-state index contributed by atoms with van der Waals surface area (Å²) in [5.41, 5.74) is 2.28. The first-order valence-electron chi connectivity index (χ1n) is 12.8. The number of hydrogen-bond donors (Lipinski definition) is 1. The third-order valence-electron chi connectivity index (χ3n) is 9.33. The van der Waals surface area contributed by atoms with Crippen LogP contribution in [0.3, 0.4) is 0 Å². The van der Waals surface area contributed by atoms with Crippen molar-refractivity contribution in [3.63, 3.8) is 0 Å². The molecule has 0 unspecified atom stereocenters. The van der Waals surface area contributed by atoms with Crippen LogP contribution in [-0.2, 0) is 16.1 Å². The molecule has 0 bridgehead atoms. The molecule has 184 valence electrons. The molecule has 6 rings (SSSR count). The first-order valence-corrected chi connectivity index (χ1v) is 12.8. The number of aliphatic hydroxyl groups is 1. The van der Waals surface area contributed by atoms with Crippen LogP contribution >= 0.6 is 0 Å². The first-order chi connectivity index (χ1) is 16.4. The molecule has 2 aliphatic carbocycles. The van der Waals surface area contributed by atoms with Crippen molar-refractivity contribution in [2.45, 2.75) is 51.9 Å². The number of ether oxygens (including phenoxy) is 3. The van der Waals surface area contributed by atoms with Crippen LogP contribution in [0.5, 0.6) is 11.5 Å². The summed E-state index contributed by atoms with van der Waals surface area (Å²) in [5.74, 6) is 1.59. The van der Waals surface area contributed by atoms with E-state index in [1.165, 1.54) is 11.1 Å². The van der Waals surface area contributed by atoms with E-state index in [2.05, 4.69) is 41.9 Å². The Balaban J connectivity index is 1.09. The van der Waals surface area contributed by atoms with Gasteiger partial charge in [-0.2, -0.15) is 0 Å².